The average molecular weight is 285 g/mol. The van der Waals surface area contributed by atoms with Gasteiger partial charge in [0.25, 0.3) is 0 Å². The van der Waals surface area contributed by atoms with Crippen molar-refractivity contribution in [1.82, 2.24) is 15.1 Å². The van der Waals surface area contributed by atoms with Crippen LogP contribution in [0.25, 0.3) is 0 Å². The summed E-state index contributed by atoms with van der Waals surface area (Å²) in [6.07, 6.45) is 6.09. The second-order valence-corrected chi connectivity index (χ2v) is 6.43. The molecule has 114 valence electrons. The molecule has 0 spiro atoms. The minimum atomic E-state index is 0.204. The molecule has 1 unspecified atom stereocenters. The highest BCUT2D eigenvalue weighted by Crippen LogP contribution is 2.27. The zero-order valence-electron chi connectivity index (χ0n) is 13.4. The third kappa shape index (κ3) is 5.01. The molecule has 1 aromatic carbocycles. The van der Waals surface area contributed by atoms with Gasteiger partial charge in [-0.05, 0) is 43.4 Å². The van der Waals surface area contributed by atoms with E-state index in [2.05, 4.69) is 61.5 Å². The Morgan fingerprint density at radius 2 is 1.95 bits per heavy atom. The lowest BCUT2D eigenvalue weighted by atomic mass is 9.79. The number of hydrogen-bond donors (Lipinski definition) is 1. The lowest BCUT2D eigenvalue weighted by molar-refractivity contribution is 0.383. The van der Waals surface area contributed by atoms with Crippen LogP contribution in [0.15, 0.2) is 48.8 Å². The van der Waals surface area contributed by atoms with Crippen LogP contribution in [0, 0.1) is 0 Å². The Balaban J connectivity index is 1.72. The van der Waals surface area contributed by atoms with Crippen molar-refractivity contribution in [3.05, 3.63) is 54.4 Å². The fourth-order valence-corrected chi connectivity index (χ4v) is 2.87. The molecule has 1 aromatic heterocycles. The maximum absolute atomic E-state index is 4.22. The first-order valence-corrected chi connectivity index (χ1v) is 7.84. The van der Waals surface area contributed by atoms with Gasteiger partial charge in [-0.3, -0.25) is 4.68 Å². The molecular weight excluding hydrogens is 258 g/mol. The normalized spacial score (nSPS) is 13.3. The zero-order chi connectivity index (χ0) is 15.1. The highest BCUT2D eigenvalue weighted by molar-refractivity contribution is 5.23. The zero-order valence-corrected chi connectivity index (χ0v) is 13.4. The maximum Gasteiger partial charge on any atom is 0.0489 e. The molecule has 0 fully saturated rings. The van der Waals surface area contributed by atoms with Crippen LogP contribution in [0.5, 0.6) is 0 Å². The summed E-state index contributed by atoms with van der Waals surface area (Å²) in [6, 6.07) is 13.3. The van der Waals surface area contributed by atoms with Crippen molar-refractivity contribution in [2.45, 2.75) is 51.6 Å². The molecule has 0 bridgehead atoms. The maximum atomic E-state index is 4.22. The summed E-state index contributed by atoms with van der Waals surface area (Å²) < 4.78 is 1.99. The van der Waals surface area contributed by atoms with Gasteiger partial charge in [0.2, 0.25) is 0 Å². The molecule has 0 saturated carbocycles. The lowest BCUT2D eigenvalue weighted by Gasteiger charge is -2.29. The summed E-state index contributed by atoms with van der Waals surface area (Å²) in [7, 11) is 0. The van der Waals surface area contributed by atoms with Crippen LogP contribution in [0.4, 0.5) is 0 Å². The topological polar surface area (TPSA) is 29.9 Å². The molecule has 0 aliphatic carbocycles. The van der Waals surface area contributed by atoms with Crippen LogP contribution in [-0.2, 0) is 12.0 Å². The first-order valence-electron chi connectivity index (χ1n) is 7.84. The Bertz CT molecular complexity index is 503. The summed E-state index contributed by atoms with van der Waals surface area (Å²) in [5, 5.41) is 7.85. The number of aryl methyl sites for hydroxylation is 1. The van der Waals surface area contributed by atoms with Gasteiger partial charge >= 0.3 is 0 Å². The van der Waals surface area contributed by atoms with Crippen LogP contribution in [0.1, 0.15) is 39.2 Å². The van der Waals surface area contributed by atoms with Gasteiger partial charge in [0.15, 0.2) is 0 Å². The van der Waals surface area contributed by atoms with E-state index in [4.69, 9.17) is 0 Å². The van der Waals surface area contributed by atoms with E-state index in [-0.39, 0.29) is 5.41 Å². The Morgan fingerprint density at radius 3 is 2.62 bits per heavy atom. The van der Waals surface area contributed by atoms with E-state index in [1.165, 1.54) is 5.56 Å². The molecule has 3 nitrogen and oxygen atoms in total. The van der Waals surface area contributed by atoms with Crippen LogP contribution in [0.2, 0.25) is 0 Å². The Labute approximate surface area is 128 Å². The number of rotatable bonds is 8. The van der Waals surface area contributed by atoms with Gasteiger partial charge in [-0.15, -0.1) is 0 Å². The van der Waals surface area contributed by atoms with E-state index in [1.807, 2.05) is 23.1 Å². The van der Waals surface area contributed by atoms with E-state index >= 15 is 0 Å². The van der Waals surface area contributed by atoms with Crippen LogP contribution in [0.3, 0.4) is 0 Å². The SMILES string of the molecule is CC(CC(C)(C)c1ccccc1)NCCCn1cccn1. The Morgan fingerprint density at radius 1 is 1.19 bits per heavy atom. The van der Waals surface area contributed by atoms with Gasteiger partial charge in [0.1, 0.15) is 0 Å². The first-order chi connectivity index (χ1) is 10.1. The van der Waals surface area contributed by atoms with Gasteiger partial charge in [0, 0.05) is 25.0 Å². The fourth-order valence-electron chi connectivity index (χ4n) is 2.87. The van der Waals surface area contributed by atoms with Crippen molar-refractivity contribution in [3.63, 3.8) is 0 Å². The summed E-state index contributed by atoms with van der Waals surface area (Å²) in [5.41, 5.74) is 1.62. The van der Waals surface area contributed by atoms with E-state index in [1.54, 1.807) is 0 Å². The number of aromatic nitrogens is 2. The molecule has 0 aliphatic rings. The predicted molar refractivity (Wildman–Crippen MR) is 88.4 cm³/mol. The number of nitrogens with one attached hydrogen (secondary N) is 1. The average Bonchev–Trinajstić information content (AvgIpc) is 2.97. The summed E-state index contributed by atoms with van der Waals surface area (Å²) in [4.78, 5) is 0. The highest BCUT2D eigenvalue weighted by atomic mass is 15.3. The van der Waals surface area contributed by atoms with E-state index < -0.39 is 0 Å². The van der Waals surface area contributed by atoms with E-state index in [0.29, 0.717) is 6.04 Å². The third-order valence-electron chi connectivity index (χ3n) is 3.99. The smallest absolute Gasteiger partial charge is 0.0489 e. The van der Waals surface area contributed by atoms with Gasteiger partial charge < -0.3 is 5.32 Å². The summed E-state index contributed by atoms with van der Waals surface area (Å²) >= 11 is 0. The van der Waals surface area contributed by atoms with Crippen molar-refractivity contribution in [1.29, 1.82) is 0 Å². The Hall–Kier alpha value is -1.61. The quantitative estimate of drug-likeness (QED) is 0.751. The molecule has 0 amide bonds. The van der Waals surface area contributed by atoms with Crippen molar-refractivity contribution < 1.29 is 0 Å². The first kappa shape index (κ1) is 15.8. The second kappa shape index (κ2) is 7.41. The lowest BCUT2D eigenvalue weighted by Crippen LogP contribution is -2.34. The van der Waals surface area contributed by atoms with E-state index in [9.17, 15) is 0 Å². The summed E-state index contributed by atoms with van der Waals surface area (Å²) in [6.45, 7) is 8.94. The summed E-state index contributed by atoms with van der Waals surface area (Å²) in [5.74, 6) is 0. The number of hydrogen-bond acceptors (Lipinski definition) is 2. The third-order valence-corrected chi connectivity index (χ3v) is 3.99. The van der Waals surface area contributed by atoms with Crippen molar-refractivity contribution >= 4 is 0 Å². The van der Waals surface area contributed by atoms with Crippen LogP contribution < -0.4 is 5.32 Å². The molecule has 1 N–H and O–H groups in total. The van der Waals surface area contributed by atoms with Gasteiger partial charge in [-0.2, -0.15) is 5.10 Å². The van der Waals surface area contributed by atoms with Crippen molar-refractivity contribution in [2.75, 3.05) is 6.54 Å². The molecule has 0 aliphatic heterocycles. The molecular formula is C18H27N3. The largest absolute Gasteiger partial charge is 0.314 e. The standard InChI is InChI=1S/C18H27N3/c1-16(19-11-7-13-21-14-8-12-20-21)15-18(2,3)17-9-5-4-6-10-17/h4-6,8-10,12,14,16,19H,7,11,13,15H2,1-3H3. The minimum Gasteiger partial charge on any atom is -0.314 e. The van der Waals surface area contributed by atoms with Crippen molar-refractivity contribution in [2.24, 2.45) is 0 Å². The minimum absolute atomic E-state index is 0.204. The monoisotopic (exact) mass is 285 g/mol. The molecule has 21 heavy (non-hydrogen) atoms. The molecule has 1 atom stereocenters. The Kier molecular flexibility index (Phi) is 5.57. The highest BCUT2D eigenvalue weighted by Gasteiger charge is 2.22. The fraction of sp³-hybridized carbons (Fsp3) is 0.500. The van der Waals surface area contributed by atoms with Crippen molar-refractivity contribution in [3.8, 4) is 0 Å². The second-order valence-electron chi connectivity index (χ2n) is 6.43. The molecule has 2 aromatic rings. The van der Waals surface area contributed by atoms with Gasteiger partial charge in [-0.1, -0.05) is 44.2 Å². The predicted octanol–water partition coefficient (Wildman–Crippen LogP) is 3.62. The molecule has 2 rings (SSSR count). The number of benzene rings is 1. The molecule has 1 heterocycles. The van der Waals surface area contributed by atoms with Crippen LogP contribution in [-0.4, -0.2) is 22.4 Å². The number of nitrogens with zero attached hydrogens (tertiary/aromatic N) is 2. The van der Waals surface area contributed by atoms with E-state index in [0.717, 1.165) is 25.9 Å². The molecule has 0 saturated heterocycles. The van der Waals surface area contributed by atoms with Gasteiger partial charge in [0.05, 0.1) is 0 Å². The van der Waals surface area contributed by atoms with Gasteiger partial charge in [-0.25, -0.2) is 0 Å². The van der Waals surface area contributed by atoms with Crippen LogP contribution >= 0.6 is 0 Å². The molecule has 0 radical (unpaired) electrons. The molecule has 3 heteroatoms.